The van der Waals surface area contributed by atoms with Gasteiger partial charge in [0.2, 0.25) is 11.8 Å². The van der Waals surface area contributed by atoms with Gasteiger partial charge in [0.15, 0.2) is 0 Å². The fraction of sp³-hybridized carbons (Fsp3) is 0.273. The quantitative estimate of drug-likeness (QED) is 0.797. The SMILES string of the molecule is CC1NC(=O)CC(=O)N1c1c(Cl)cccc1Cl. The van der Waals surface area contributed by atoms with Crippen molar-refractivity contribution in [3.05, 3.63) is 28.2 Å². The number of nitrogens with zero attached hydrogens (tertiary/aromatic N) is 1. The van der Waals surface area contributed by atoms with Crippen LogP contribution in [0.2, 0.25) is 10.0 Å². The predicted octanol–water partition coefficient (Wildman–Crippen LogP) is 2.19. The number of para-hydroxylation sites is 1. The van der Waals surface area contributed by atoms with Crippen LogP contribution in [0.15, 0.2) is 18.2 Å². The van der Waals surface area contributed by atoms with E-state index in [0.29, 0.717) is 15.7 Å². The molecule has 1 N–H and O–H groups in total. The summed E-state index contributed by atoms with van der Waals surface area (Å²) in [5.41, 5.74) is 0.438. The zero-order valence-corrected chi connectivity index (χ0v) is 10.5. The van der Waals surface area contributed by atoms with E-state index in [2.05, 4.69) is 5.32 Å². The maximum absolute atomic E-state index is 11.9. The van der Waals surface area contributed by atoms with Crippen LogP contribution >= 0.6 is 23.2 Å². The number of hydrogen-bond donors (Lipinski definition) is 1. The van der Waals surface area contributed by atoms with Crippen molar-refractivity contribution in [3.63, 3.8) is 0 Å². The average molecular weight is 273 g/mol. The fourth-order valence-corrected chi connectivity index (χ4v) is 2.40. The number of nitrogens with one attached hydrogen (secondary N) is 1. The third-order valence-electron chi connectivity index (χ3n) is 2.52. The molecule has 0 aliphatic carbocycles. The molecule has 0 saturated carbocycles. The molecule has 1 fully saturated rings. The zero-order valence-electron chi connectivity index (χ0n) is 9.04. The third kappa shape index (κ3) is 2.23. The molecule has 0 radical (unpaired) electrons. The summed E-state index contributed by atoms with van der Waals surface area (Å²) in [6.45, 7) is 1.70. The van der Waals surface area contributed by atoms with Gasteiger partial charge < -0.3 is 5.32 Å². The Morgan fingerprint density at radius 1 is 1.29 bits per heavy atom. The van der Waals surface area contributed by atoms with Crippen molar-refractivity contribution >= 4 is 40.7 Å². The first-order valence-corrected chi connectivity index (χ1v) is 5.81. The van der Waals surface area contributed by atoms with Gasteiger partial charge >= 0.3 is 0 Å². The maximum atomic E-state index is 11.9. The van der Waals surface area contributed by atoms with Gasteiger partial charge in [0.25, 0.3) is 0 Å². The topological polar surface area (TPSA) is 49.4 Å². The van der Waals surface area contributed by atoms with Gasteiger partial charge in [-0.15, -0.1) is 0 Å². The maximum Gasteiger partial charge on any atom is 0.238 e. The normalized spacial score (nSPS) is 20.4. The highest BCUT2D eigenvalue weighted by molar-refractivity contribution is 6.40. The lowest BCUT2D eigenvalue weighted by Crippen LogP contribution is -2.55. The van der Waals surface area contributed by atoms with Gasteiger partial charge in [-0.25, -0.2) is 0 Å². The van der Waals surface area contributed by atoms with E-state index in [9.17, 15) is 9.59 Å². The van der Waals surface area contributed by atoms with E-state index in [0.717, 1.165) is 0 Å². The lowest BCUT2D eigenvalue weighted by atomic mass is 10.2. The number of anilines is 1. The van der Waals surface area contributed by atoms with E-state index < -0.39 is 6.17 Å². The molecule has 6 heteroatoms. The first-order chi connectivity index (χ1) is 8.00. The molecule has 1 aliphatic heterocycles. The van der Waals surface area contributed by atoms with Crippen molar-refractivity contribution in [2.24, 2.45) is 0 Å². The number of halogens is 2. The Labute approximate surface area is 108 Å². The first-order valence-electron chi connectivity index (χ1n) is 5.06. The van der Waals surface area contributed by atoms with Gasteiger partial charge in [-0.1, -0.05) is 29.3 Å². The van der Waals surface area contributed by atoms with E-state index in [-0.39, 0.29) is 18.2 Å². The molecule has 4 nitrogen and oxygen atoms in total. The number of benzene rings is 1. The monoisotopic (exact) mass is 272 g/mol. The second kappa shape index (κ2) is 4.55. The van der Waals surface area contributed by atoms with Crippen LogP contribution in [0.25, 0.3) is 0 Å². The van der Waals surface area contributed by atoms with Crippen molar-refractivity contribution in [3.8, 4) is 0 Å². The highest BCUT2D eigenvalue weighted by atomic mass is 35.5. The molecule has 2 amide bonds. The molecular weight excluding hydrogens is 263 g/mol. The summed E-state index contributed by atoms with van der Waals surface area (Å²) in [4.78, 5) is 24.5. The van der Waals surface area contributed by atoms with Crippen LogP contribution in [0.3, 0.4) is 0 Å². The molecule has 1 atom stereocenters. The highest BCUT2D eigenvalue weighted by Crippen LogP contribution is 2.35. The van der Waals surface area contributed by atoms with Crippen molar-refractivity contribution in [2.45, 2.75) is 19.5 Å². The molecule has 1 saturated heterocycles. The standard InChI is InChI=1S/C11H10Cl2N2O2/c1-6-14-9(16)5-10(17)15(6)11-7(12)3-2-4-8(11)13/h2-4,6H,5H2,1H3,(H,14,16). The molecule has 1 aliphatic rings. The molecule has 0 spiro atoms. The number of hydrogen-bond acceptors (Lipinski definition) is 2. The number of rotatable bonds is 1. The van der Waals surface area contributed by atoms with Crippen LogP contribution < -0.4 is 10.2 Å². The lowest BCUT2D eigenvalue weighted by Gasteiger charge is -2.34. The van der Waals surface area contributed by atoms with Crippen molar-refractivity contribution < 1.29 is 9.59 Å². The predicted molar refractivity (Wildman–Crippen MR) is 66.2 cm³/mol. The van der Waals surface area contributed by atoms with Crippen LogP contribution in [-0.4, -0.2) is 18.0 Å². The molecule has 1 aromatic rings. The fourth-order valence-electron chi connectivity index (χ4n) is 1.82. The zero-order chi connectivity index (χ0) is 12.6. The van der Waals surface area contributed by atoms with Crippen LogP contribution in [0, 0.1) is 0 Å². The Morgan fingerprint density at radius 2 is 1.88 bits per heavy atom. The summed E-state index contributed by atoms with van der Waals surface area (Å²) in [6, 6.07) is 5.00. The van der Waals surface area contributed by atoms with Gasteiger partial charge in [-0.3, -0.25) is 14.5 Å². The smallest absolute Gasteiger partial charge is 0.238 e. The minimum atomic E-state index is -0.457. The molecule has 17 heavy (non-hydrogen) atoms. The Balaban J connectivity index is 2.45. The molecule has 2 rings (SSSR count). The average Bonchev–Trinajstić information content (AvgIpc) is 2.21. The number of carbonyl (C=O) groups is 2. The summed E-state index contributed by atoms with van der Waals surface area (Å²) >= 11 is 12.1. The largest absolute Gasteiger partial charge is 0.335 e. The molecule has 1 unspecified atom stereocenters. The van der Waals surface area contributed by atoms with Gasteiger partial charge in [0, 0.05) is 0 Å². The van der Waals surface area contributed by atoms with E-state index in [4.69, 9.17) is 23.2 Å². The Morgan fingerprint density at radius 3 is 2.41 bits per heavy atom. The summed E-state index contributed by atoms with van der Waals surface area (Å²) < 4.78 is 0. The summed E-state index contributed by atoms with van der Waals surface area (Å²) in [6.07, 6.45) is -0.646. The number of carbonyl (C=O) groups excluding carboxylic acids is 2. The second-order valence-corrected chi connectivity index (χ2v) is 4.57. The van der Waals surface area contributed by atoms with Gasteiger partial charge in [-0.2, -0.15) is 0 Å². The van der Waals surface area contributed by atoms with E-state index in [1.54, 1.807) is 25.1 Å². The summed E-state index contributed by atoms with van der Waals surface area (Å²) in [5, 5.41) is 3.43. The third-order valence-corrected chi connectivity index (χ3v) is 3.13. The van der Waals surface area contributed by atoms with Gasteiger partial charge in [0.1, 0.15) is 12.6 Å². The van der Waals surface area contributed by atoms with E-state index in [1.807, 2.05) is 0 Å². The summed E-state index contributed by atoms with van der Waals surface area (Å²) in [5.74, 6) is -0.599. The van der Waals surface area contributed by atoms with Crippen LogP contribution in [-0.2, 0) is 9.59 Å². The van der Waals surface area contributed by atoms with Crippen LogP contribution in [0.4, 0.5) is 5.69 Å². The second-order valence-electron chi connectivity index (χ2n) is 3.75. The van der Waals surface area contributed by atoms with Crippen LogP contribution in [0.1, 0.15) is 13.3 Å². The van der Waals surface area contributed by atoms with E-state index >= 15 is 0 Å². The van der Waals surface area contributed by atoms with Gasteiger partial charge in [-0.05, 0) is 19.1 Å². The number of amides is 2. The Hall–Kier alpha value is -1.26. The Kier molecular flexibility index (Phi) is 3.26. The minimum absolute atomic E-state index is 0.189. The highest BCUT2D eigenvalue weighted by Gasteiger charge is 2.32. The molecule has 90 valence electrons. The van der Waals surface area contributed by atoms with Gasteiger partial charge in [0.05, 0.1) is 15.7 Å². The molecule has 1 aromatic carbocycles. The lowest BCUT2D eigenvalue weighted by molar-refractivity contribution is -0.131. The summed E-state index contributed by atoms with van der Waals surface area (Å²) in [7, 11) is 0. The van der Waals surface area contributed by atoms with Crippen molar-refractivity contribution in [1.29, 1.82) is 0 Å². The molecule has 1 heterocycles. The minimum Gasteiger partial charge on any atom is -0.335 e. The van der Waals surface area contributed by atoms with Crippen molar-refractivity contribution in [2.75, 3.05) is 4.90 Å². The van der Waals surface area contributed by atoms with Crippen molar-refractivity contribution in [1.82, 2.24) is 5.32 Å². The molecular formula is C11H10Cl2N2O2. The molecule has 0 aromatic heterocycles. The Bertz CT molecular complexity index is 470. The molecule has 0 bridgehead atoms. The van der Waals surface area contributed by atoms with Crippen LogP contribution in [0.5, 0.6) is 0 Å². The first kappa shape index (κ1) is 12.2. The van der Waals surface area contributed by atoms with E-state index in [1.165, 1.54) is 4.90 Å².